The molecule has 1 saturated heterocycles. The van der Waals surface area contributed by atoms with E-state index in [0.29, 0.717) is 11.7 Å². The topological polar surface area (TPSA) is 61.5 Å². The highest BCUT2D eigenvalue weighted by molar-refractivity contribution is 5.30. The molecule has 1 heterocycles. The number of rotatable bonds is 6. The first-order valence-electron chi connectivity index (χ1n) is 7.88. The zero-order valence-corrected chi connectivity index (χ0v) is 12.9. The summed E-state index contributed by atoms with van der Waals surface area (Å²) in [6, 6.07) is 7.66. The van der Waals surface area contributed by atoms with Gasteiger partial charge in [-0.05, 0) is 56.0 Å². The molecule has 0 saturated carbocycles. The number of piperidine rings is 1. The molecule has 0 amide bonds. The molecule has 4 nitrogen and oxygen atoms in total. The molecule has 1 aliphatic heterocycles. The van der Waals surface area contributed by atoms with Crippen molar-refractivity contribution in [2.45, 2.75) is 32.1 Å². The average Bonchev–Trinajstić information content (AvgIpc) is 2.48. The lowest BCUT2D eigenvalue weighted by molar-refractivity contribution is 0.227. The van der Waals surface area contributed by atoms with E-state index in [4.69, 9.17) is 5.73 Å². The summed E-state index contributed by atoms with van der Waals surface area (Å²) in [5, 5.41) is 12.8. The summed E-state index contributed by atoms with van der Waals surface area (Å²) in [4.78, 5) is 2.40. The maximum absolute atomic E-state index is 9.58. The van der Waals surface area contributed by atoms with Gasteiger partial charge in [0.05, 0.1) is 0 Å². The van der Waals surface area contributed by atoms with E-state index in [1.165, 1.54) is 5.56 Å². The molecule has 1 aromatic rings. The quantitative estimate of drug-likeness (QED) is 0.704. The molecule has 21 heavy (non-hydrogen) atoms. The third kappa shape index (κ3) is 4.97. The summed E-state index contributed by atoms with van der Waals surface area (Å²) < 4.78 is 0. The molecule has 1 aromatic carbocycles. The number of phenolic OH excluding ortho intramolecular Hbond substituents is 1. The summed E-state index contributed by atoms with van der Waals surface area (Å²) in [5.41, 5.74) is 8.19. The lowest BCUT2D eigenvalue weighted by Gasteiger charge is -2.32. The van der Waals surface area contributed by atoms with E-state index in [1.54, 1.807) is 6.07 Å². The van der Waals surface area contributed by atoms with Crippen LogP contribution >= 0.6 is 0 Å². The predicted molar refractivity (Wildman–Crippen MR) is 87.1 cm³/mol. The maximum Gasteiger partial charge on any atom is 0.115 e. The number of likely N-dealkylation sites (tertiary alicyclic amines) is 1. The Hall–Kier alpha value is -1.68. The van der Waals surface area contributed by atoms with E-state index in [9.17, 15) is 5.11 Å². The predicted octanol–water partition coefficient (Wildman–Crippen LogP) is 2.37. The van der Waals surface area contributed by atoms with Crippen LogP contribution in [0.3, 0.4) is 0 Å². The minimum absolute atomic E-state index is 0.365. The SMILES string of the molecule is CCCN/C=C(\N)CN1CCC(c2cccc(O)c2)CC1. The van der Waals surface area contributed by atoms with E-state index in [1.807, 2.05) is 18.3 Å². The van der Waals surface area contributed by atoms with Crippen molar-refractivity contribution >= 4 is 0 Å². The van der Waals surface area contributed by atoms with Crippen LogP contribution in [0.2, 0.25) is 0 Å². The highest BCUT2D eigenvalue weighted by Crippen LogP contribution is 2.29. The number of aromatic hydroxyl groups is 1. The normalized spacial score (nSPS) is 17.9. The highest BCUT2D eigenvalue weighted by atomic mass is 16.3. The molecule has 0 atom stereocenters. The summed E-state index contributed by atoms with van der Waals surface area (Å²) in [6.07, 6.45) is 5.29. The van der Waals surface area contributed by atoms with E-state index >= 15 is 0 Å². The van der Waals surface area contributed by atoms with E-state index in [0.717, 1.165) is 51.1 Å². The number of phenols is 1. The Labute approximate surface area is 127 Å². The number of nitrogens with zero attached hydrogens (tertiary/aromatic N) is 1. The van der Waals surface area contributed by atoms with Crippen molar-refractivity contribution < 1.29 is 5.11 Å². The van der Waals surface area contributed by atoms with Gasteiger partial charge in [0.1, 0.15) is 5.75 Å². The Morgan fingerprint density at radius 3 is 2.86 bits per heavy atom. The molecule has 0 aliphatic carbocycles. The number of hydrogen-bond donors (Lipinski definition) is 3. The van der Waals surface area contributed by atoms with Gasteiger partial charge in [-0.1, -0.05) is 19.1 Å². The van der Waals surface area contributed by atoms with Crippen LogP contribution < -0.4 is 11.1 Å². The Kier molecular flexibility index (Phi) is 5.93. The second-order valence-corrected chi connectivity index (χ2v) is 5.82. The van der Waals surface area contributed by atoms with Crippen molar-refractivity contribution in [1.29, 1.82) is 0 Å². The lowest BCUT2D eigenvalue weighted by atomic mass is 9.89. The minimum atomic E-state index is 0.365. The molecule has 0 unspecified atom stereocenters. The fourth-order valence-corrected chi connectivity index (χ4v) is 2.85. The van der Waals surface area contributed by atoms with E-state index < -0.39 is 0 Å². The summed E-state index contributed by atoms with van der Waals surface area (Å²) >= 11 is 0. The van der Waals surface area contributed by atoms with Crippen molar-refractivity contribution in [3.8, 4) is 5.75 Å². The molecule has 116 valence electrons. The maximum atomic E-state index is 9.58. The van der Waals surface area contributed by atoms with Gasteiger partial charge < -0.3 is 16.2 Å². The van der Waals surface area contributed by atoms with Gasteiger partial charge in [-0.3, -0.25) is 4.90 Å². The molecule has 0 aromatic heterocycles. The first kappa shape index (κ1) is 15.7. The van der Waals surface area contributed by atoms with Crippen LogP contribution in [0.5, 0.6) is 5.75 Å². The van der Waals surface area contributed by atoms with Crippen LogP contribution in [-0.2, 0) is 0 Å². The van der Waals surface area contributed by atoms with Gasteiger partial charge in [-0.25, -0.2) is 0 Å². The average molecular weight is 289 g/mol. The molecular formula is C17H27N3O. The van der Waals surface area contributed by atoms with Crippen molar-refractivity contribution in [1.82, 2.24) is 10.2 Å². The van der Waals surface area contributed by atoms with Crippen molar-refractivity contribution in [3.05, 3.63) is 41.7 Å². The van der Waals surface area contributed by atoms with Gasteiger partial charge in [0.2, 0.25) is 0 Å². The second-order valence-electron chi connectivity index (χ2n) is 5.82. The third-order valence-electron chi connectivity index (χ3n) is 4.02. The molecule has 0 bridgehead atoms. The van der Waals surface area contributed by atoms with E-state index in [2.05, 4.69) is 23.2 Å². The van der Waals surface area contributed by atoms with Crippen LogP contribution in [0.25, 0.3) is 0 Å². The van der Waals surface area contributed by atoms with Crippen LogP contribution in [0.15, 0.2) is 36.2 Å². The Morgan fingerprint density at radius 1 is 1.43 bits per heavy atom. The van der Waals surface area contributed by atoms with Gasteiger partial charge in [-0.2, -0.15) is 0 Å². The zero-order valence-electron chi connectivity index (χ0n) is 12.9. The van der Waals surface area contributed by atoms with Gasteiger partial charge >= 0.3 is 0 Å². The first-order valence-corrected chi connectivity index (χ1v) is 7.88. The third-order valence-corrected chi connectivity index (χ3v) is 4.02. The van der Waals surface area contributed by atoms with Crippen LogP contribution in [0, 0.1) is 0 Å². The van der Waals surface area contributed by atoms with Crippen molar-refractivity contribution in [3.63, 3.8) is 0 Å². The minimum Gasteiger partial charge on any atom is -0.508 e. The van der Waals surface area contributed by atoms with Crippen molar-refractivity contribution in [2.24, 2.45) is 5.73 Å². The summed E-state index contributed by atoms with van der Waals surface area (Å²) in [6.45, 7) is 6.07. The first-order chi connectivity index (χ1) is 10.2. The van der Waals surface area contributed by atoms with Gasteiger partial charge in [0.25, 0.3) is 0 Å². The zero-order chi connectivity index (χ0) is 15.1. The standard InChI is InChI=1S/C17H27N3O/c1-2-8-19-12-16(18)13-20-9-6-14(7-10-20)15-4-3-5-17(21)11-15/h3-5,11-12,14,19,21H,2,6-10,13,18H2,1H3/b16-12-. The highest BCUT2D eigenvalue weighted by Gasteiger charge is 2.20. The van der Waals surface area contributed by atoms with Crippen LogP contribution in [0.1, 0.15) is 37.7 Å². The van der Waals surface area contributed by atoms with Gasteiger partial charge in [-0.15, -0.1) is 0 Å². The molecule has 0 radical (unpaired) electrons. The van der Waals surface area contributed by atoms with Gasteiger partial charge in [0.15, 0.2) is 0 Å². The molecule has 4 N–H and O–H groups in total. The summed E-state index contributed by atoms with van der Waals surface area (Å²) in [5.74, 6) is 0.917. The van der Waals surface area contributed by atoms with E-state index in [-0.39, 0.29) is 0 Å². The molecular weight excluding hydrogens is 262 g/mol. The molecule has 4 heteroatoms. The number of nitrogens with two attached hydrogens (primary N) is 1. The second kappa shape index (κ2) is 7.93. The summed E-state index contributed by atoms with van der Waals surface area (Å²) in [7, 11) is 0. The van der Waals surface area contributed by atoms with Crippen LogP contribution in [0.4, 0.5) is 0 Å². The Bertz CT molecular complexity index is 465. The van der Waals surface area contributed by atoms with Gasteiger partial charge in [0, 0.05) is 25.0 Å². The fraction of sp³-hybridized carbons (Fsp3) is 0.529. The monoisotopic (exact) mass is 289 g/mol. The molecule has 1 aliphatic rings. The fourth-order valence-electron chi connectivity index (χ4n) is 2.85. The molecule has 2 rings (SSSR count). The smallest absolute Gasteiger partial charge is 0.115 e. The van der Waals surface area contributed by atoms with Crippen LogP contribution in [-0.4, -0.2) is 36.2 Å². The molecule has 1 fully saturated rings. The largest absolute Gasteiger partial charge is 0.508 e. The Balaban J connectivity index is 1.79. The number of nitrogens with one attached hydrogen (secondary N) is 1. The Morgan fingerprint density at radius 2 is 2.19 bits per heavy atom. The molecule has 0 spiro atoms. The number of benzene rings is 1. The number of hydrogen-bond acceptors (Lipinski definition) is 4. The lowest BCUT2D eigenvalue weighted by Crippen LogP contribution is -2.36. The van der Waals surface area contributed by atoms with Crippen molar-refractivity contribution in [2.75, 3.05) is 26.2 Å².